The summed E-state index contributed by atoms with van der Waals surface area (Å²) in [6, 6.07) is 22.6. The first-order valence-electron chi connectivity index (χ1n) is 11.3. The minimum absolute atomic E-state index is 0.0467. The summed E-state index contributed by atoms with van der Waals surface area (Å²) in [5, 5.41) is 3.43. The molecule has 9 heteroatoms. The van der Waals surface area contributed by atoms with E-state index in [1.807, 2.05) is 43.3 Å². The van der Waals surface area contributed by atoms with E-state index in [1.54, 1.807) is 36.4 Å². The molecule has 1 atom stereocenters. The molecule has 0 unspecified atom stereocenters. The summed E-state index contributed by atoms with van der Waals surface area (Å²) in [5.41, 5.74) is 8.85. The predicted molar refractivity (Wildman–Crippen MR) is 144 cm³/mol. The molecule has 0 saturated carbocycles. The molecule has 7 nitrogen and oxygen atoms in total. The average molecular weight is 536 g/mol. The molecule has 0 aliphatic heterocycles. The van der Waals surface area contributed by atoms with E-state index >= 15 is 0 Å². The topological polar surface area (TPSA) is 104 Å². The number of pyridine rings is 1. The van der Waals surface area contributed by atoms with E-state index in [0.29, 0.717) is 21.8 Å². The lowest BCUT2D eigenvalue weighted by Crippen LogP contribution is -2.22. The zero-order valence-corrected chi connectivity index (χ0v) is 21.3. The summed E-state index contributed by atoms with van der Waals surface area (Å²) in [5.74, 6) is -0.870. The molecular weight excluding hydrogens is 513 g/mol. The van der Waals surface area contributed by atoms with Crippen LogP contribution in [0, 0.1) is 6.92 Å². The van der Waals surface area contributed by atoms with E-state index in [9.17, 15) is 9.59 Å². The Kier molecular flexibility index (Phi) is 8.28. The number of carbonyl (C=O) groups excluding carboxylic acids is 2. The number of aromatic nitrogens is 1. The molecule has 0 aliphatic rings. The van der Waals surface area contributed by atoms with Crippen molar-refractivity contribution < 1.29 is 19.1 Å². The third kappa shape index (κ3) is 6.78. The Morgan fingerprint density at radius 3 is 2.57 bits per heavy atom. The van der Waals surface area contributed by atoms with Gasteiger partial charge in [0.25, 0.3) is 5.91 Å². The molecule has 4 aromatic rings. The highest BCUT2D eigenvalue weighted by molar-refractivity contribution is 6.34. The van der Waals surface area contributed by atoms with E-state index in [-0.39, 0.29) is 23.2 Å². The zero-order valence-electron chi connectivity index (χ0n) is 19.8. The smallest absolute Gasteiger partial charge is 0.352 e. The van der Waals surface area contributed by atoms with Crippen LogP contribution in [0.1, 0.15) is 33.2 Å². The average Bonchev–Trinajstić information content (AvgIpc) is 2.89. The van der Waals surface area contributed by atoms with Gasteiger partial charge in [0.2, 0.25) is 6.10 Å². The summed E-state index contributed by atoms with van der Waals surface area (Å²) in [6.45, 7) is 1.91. The summed E-state index contributed by atoms with van der Waals surface area (Å²) < 4.78 is 11.5. The molecule has 0 saturated heterocycles. The number of hydrogen-bond acceptors (Lipinski definition) is 6. The van der Waals surface area contributed by atoms with Gasteiger partial charge in [-0.1, -0.05) is 77.3 Å². The van der Waals surface area contributed by atoms with Gasteiger partial charge in [-0.3, -0.25) is 4.79 Å². The second-order valence-corrected chi connectivity index (χ2v) is 9.03. The molecule has 0 aliphatic carbocycles. The first kappa shape index (κ1) is 26.0. The third-order valence-corrected chi connectivity index (χ3v) is 5.88. The highest BCUT2D eigenvalue weighted by atomic mass is 35.5. The summed E-state index contributed by atoms with van der Waals surface area (Å²) in [6.07, 6.45) is 0.157. The number of aryl methyl sites for hydroxylation is 1. The second kappa shape index (κ2) is 11.8. The van der Waals surface area contributed by atoms with Gasteiger partial charge < -0.3 is 20.5 Å². The van der Waals surface area contributed by atoms with Crippen molar-refractivity contribution in [2.24, 2.45) is 0 Å². The van der Waals surface area contributed by atoms with Gasteiger partial charge in [-0.15, -0.1) is 0 Å². The van der Waals surface area contributed by atoms with Gasteiger partial charge in [0.05, 0.1) is 15.6 Å². The number of ether oxygens (including phenoxy) is 2. The minimum Gasteiger partial charge on any atom is -0.470 e. The van der Waals surface area contributed by atoms with Gasteiger partial charge in [-0.2, -0.15) is 0 Å². The molecule has 1 amide bonds. The molecule has 1 heterocycles. The van der Waals surface area contributed by atoms with E-state index in [1.165, 1.54) is 12.3 Å². The van der Waals surface area contributed by atoms with Crippen LogP contribution in [0.4, 0.5) is 11.5 Å². The Bertz CT molecular complexity index is 1430. The molecule has 0 fully saturated rings. The van der Waals surface area contributed by atoms with Gasteiger partial charge in [-0.05, 0) is 36.8 Å². The molecule has 3 aromatic carbocycles. The maximum Gasteiger partial charge on any atom is 0.352 e. The number of nitrogens with two attached hydrogens (primary N) is 1. The van der Waals surface area contributed by atoms with Crippen LogP contribution in [0.2, 0.25) is 10.0 Å². The van der Waals surface area contributed by atoms with E-state index in [2.05, 4.69) is 10.3 Å². The first-order chi connectivity index (χ1) is 17.8. The van der Waals surface area contributed by atoms with Crippen molar-refractivity contribution in [3.63, 3.8) is 0 Å². The summed E-state index contributed by atoms with van der Waals surface area (Å²) in [4.78, 5) is 30.1. The maximum absolute atomic E-state index is 13.2. The van der Waals surface area contributed by atoms with Crippen molar-refractivity contribution in [3.05, 3.63) is 117 Å². The minimum atomic E-state index is -1.22. The molecule has 0 spiro atoms. The highest BCUT2D eigenvalue weighted by Gasteiger charge is 2.26. The monoisotopic (exact) mass is 535 g/mol. The Morgan fingerprint density at radius 2 is 1.78 bits per heavy atom. The SMILES string of the molecule is Cc1ccc(Cl)c(C(=O)Nc2cccc([C@@H](Oc3cc(Cl)cnc3N)C(=O)OCc3ccccc3)c2)c1. The van der Waals surface area contributed by atoms with Gasteiger partial charge in [-0.25, -0.2) is 9.78 Å². The van der Waals surface area contributed by atoms with Gasteiger partial charge >= 0.3 is 5.97 Å². The molecule has 1 aromatic heterocycles. The van der Waals surface area contributed by atoms with Crippen molar-refractivity contribution in [2.75, 3.05) is 11.1 Å². The maximum atomic E-state index is 13.2. The second-order valence-electron chi connectivity index (χ2n) is 8.19. The van der Waals surface area contributed by atoms with Crippen LogP contribution < -0.4 is 15.8 Å². The van der Waals surface area contributed by atoms with Crippen molar-refractivity contribution in [2.45, 2.75) is 19.6 Å². The number of anilines is 2. The van der Waals surface area contributed by atoms with Crippen LogP contribution in [0.3, 0.4) is 0 Å². The van der Waals surface area contributed by atoms with Crippen LogP contribution in [0.25, 0.3) is 0 Å². The molecule has 0 bridgehead atoms. The van der Waals surface area contributed by atoms with Crippen molar-refractivity contribution in [1.29, 1.82) is 0 Å². The Balaban J connectivity index is 1.61. The van der Waals surface area contributed by atoms with Crippen LogP contribution in [-0.4, -0.2) is 16.9 Å². The summed E-state index contributed by atoms with van der Waals surface area (Å²) >= 11 is 12.3. The number of nitrogens with zero attached hydrogens (tertiary/aromatic N) is 1. The number of amides is 1. The zero-order chi connectivity index (χ0) is 26.4. The molecular formula is C28H23Cl2N3O4. The largest absolute Gasteiger partial charge is 0.470 e. The number of halogens is 2. The molecule has 3 N–H and O–H groups in total. The standard InChI is InChI=1S/C28H23Cl2N3O4/c1-17-10-11-23(30)22(12-17)27(34)33-21-9-5-8-19(13-21)25(37-24-14-20(29)15-32-26(24)31)28(35)36-16-18-6-3-2-4-7-18/h2-15,25H,16H2,1H3,(H2,31,32)(H,33,34)/t25-/m1/s1. The fraction of sp³-hybridized carbons (Fsp3) is 0.107. The number of nitrogens with one attached hydrogen (secondary N) is 1. The molecule has 37 heavy (non-hydrogen) atoms. The van der Waals surface area contributed by atoms with Gasteiger partial charge in [0, 0.05) is 23.5 Å². The van der Waals surface area contributed by atoms with Crippen molar-refractivity contribution >= 4 is 46.6 Å². The quantitative estimate of drug-likeness (QED) is 0.253. The van der Waals surface area contributed by atoms with Crippen LogP contribution in [0.5, 0.6) is 5.75 Å². The fourth-order valence-electron chi connectivity index (χ4n) is 3.50. The number of hydrogen-bond donors (Lipinski definition) is 2. The Morgan fingerprint density at radius 1 is 1.00 bits per heavy atom. The lowest BCUT2D eigenvalue weighted by Gasteiger charge is -2.20. The van der Waals surface area contributed by atoms with Gasteiger partial charge in [0.15, 0.2) is 11.6 Å². The van der Waals surface area contributed by atoms with Crippen molar-refractivity contribution in [3.8, 4) is 5.75 Å². The molecule has 4 rings (SSSR count). The van der Waals surface area contributed by atoms with E-state index in [4.69, 9.17) is 38.4 Å². The highest BCUT2D eigenvalue weighted by Crippen LogP contribution is 2.31. The van der Waals surface area contributed by atoms with Crippen molar-refractivity contribution in [1.82, 2.24) is 4.98 Å². The number of carbonyl (C=O) groups is 2. The van der Waals surface area contributed by atoms with Crippen LogP contribution >= 0.6 is 23.2 Å². The van der Waals surface area contributed by atoms with Crippen LogP contribution in [-0.2, 0) is 16.1 Å². The number of esters is 1. The lowest BCUT2D eigenvalue weighted by atomic mass is 10.1. The van der Waals surface area contributed by atoms with E-state index < -0.39 is 18.0 Å². The van der Waals surface area contributed by atoms with Gasteiger partial charge in [0.1, 0.15) is 6.61 Å². The fourth-order valence-corrected chi connectivity index (χ4v) is 3.85. The number of rotatable bonds is 8. The Labute approximate surface area is 224 Å². The summed E-state index contributed by atoms with van der Waals surface area (Å²) in [7, 11) is 0. The normalized spacial score (nSPS) is 11.4. The van der Waals surface area contributed by atoms with Crippen LogP contribution in [0.15, 0.2) is 85.1 Å². The number of benzene rings is 3. The molecule has 0 radical (unpaired) electrons. The number of nitrogen functional groups attached to an aromatic ring is 1. The van der Waals surface area contributed by atoms with E-state index in [0.717, 1.165) is 11.1 Å². The first-order valence-corrected chi connectivity index (χ1v) is 12.0. The Hall–Kier alpha value is -4.07. The molecule has 188 valence electrons. The predicted octanol–water partition coefficient (Wildman–Crippen LogP) is 6.39. The third-order valence-electron chi connectivity index (χ3n) is 5.34. The lowest BCUT2D eigenvalue weighted by molar-refractivity contribution is -0.153.